The molecule has 2 fully saturated rings. The number of fused-ring (bicyclic) bond motifs is 2. The molecule has 0 spiro atoms. The van der Waals surface area contributed by atoms with E-state index in [1.807, 2.05) is 0 Å². The summed E-state index contributed by atoms with van der Waals surface area (Å²) in [4.78, 5) is 11.7. The Morgan fingerprint density at radius 3 is 2.08 bits per heavy atom. The van der Waals surface area contributed by atoms with E-state index < -0.39 is 0 Å². The third kappa shape index (κ3) is 1.33. The Morgan fingerprint density at radius 2 is 1.58 bits per heavy atom. The maximum atomic E-state index is 11.7. The predicted molar refractivity (Wildman–Crippen MR) is 48.8 cm³/mol. The Balaban J connectivity index is 2.19. The molecule has 2 aliphatic rings. The van der Waals surface area contributed by atoms with Crippen LogP contribution in [0.15, 0.2) is 12.2 Å². The van der Waals surface area contributed by atoms with E-state index in [-0.39, 0.29) is 0 Å². The van der Waals surface area contributed by atoms with E-state index in [1.54, 1.807) is 0 Å². The highest BCUT2D eigenvalue weighted by molar-refractivity contribution is 5.85. The first kappa shape index (κ1) is 8.03. The molecule has 0 aromatic heterocycles. The van der Waals surface area contributed by atoms with E-state index in [2.05, 4.69) is 6.58 Å². The van der Waals surface area contributed by atoms with Gasteiger partial charge in [0.25, 0.3) is 0 Å². The molecule has 0 aromatic carbocycles. The molecule has 2 atom stereocenters. The third-order valence-electron chi connectivity index (χ3n) is 3.23. The molecule has 1 heteroatoms. The maximum Gasteiger partial charge on any atom is 0.139 e. The van der Waals surface area contributed by atoms with Crippen LogP contribution < -0.4 is 0 Å². The molecule has 0 unspecified atom stereocenters. The molecule has 0 N–H and O–H groups in total. The van der Waals surface area contributed by atoms with Gasteiger partial charge in [0.05, 0.1) is 0 Å². The molecule has 0 aliphatic heterocycles. The fourth-order valence-corrected chi connectivity index (χ4v) is 2.58. The number of carbonyl (C=O) groups excluding carboxylic acids is 1. The number of carbonyl (C=O) groups is 1. The topological polar surface area (TPSA) is 17.1 Å². The van der Waals surface area contributed by atoms with Gasteiger partial charge in [0.1, 0.15) is 5.78 Å². The Morgan fingerprint density at radius 1 is 1.08 bits per heavy atom. The number of hydrogen-bond donors (Lipinski definition) is 0. The van der Waals surface area contributed by atoms with Crippen molar-refractivity contribution in [1.82, 2.24) is 0 Å². The van der Waals surface area contributed by atoms with Crippen molar-refractivity contribution in [2.75, 3.05) is 0 Å². The van der Waals surface area contributed by atoms with E-state index in [4.69, 9.17) is 0 Å². The van der Waals surface area contributed by atoms with Crippen LogP contribution in [0.25, 0.3) is 0 Å². The number of Topliss-reactive ketones (excluding diaryl/α,β-unsaturated/α-hetero) is 1. The first-order chi connectivity index (χ1) is 5.77. The van der Waals surface area contributed by atoms with E-state index in [0.717, 1.165) is 25.7 Å². The second kappa shape index (κ2) is 3.04. The van der Waals surface area contributed by atoms with Gasteiger partial charge in [0.2, 0.25) is 0 Å². The zero-order chi connectivity index (χ0) is 8.55. The van der Waals surface area contributed by atoms with Crippen LogP contribution in [0.1, 0.15) is 38.5 Å². The van der Waals surface area contributed by atoms with Crippen LogP contribution in [0.3, 0.4) is 0 Å². The van der Waals surface area contributed by atoms with Gasteiger partial charge in [-0.05, 0) is 25.7 Å². The summed E-state index contributed by atoms with van der Waals surface area (Å²) in [6.07, 6.45) is 6.70. The van der Waals surface area contributed by atoms with Gasteiger partial charge in [-0.25, -0.2) is 0 Å². The SMILES string of the molecule is C=C1C[C@H]2CCCC[C@@H](C1)C2=O. The summed E-state index contributed by atoms with van der Waals surface area (Å²) in [6, 6.07) is 0. The van der Waals surface area contributed by atoms with Crippen LogP contribution >= 0.6 is 0 Å². The van der Waals surface area contributed by atoms with Crippen LogP contribution in [0.4, 0.5) is 0 Å². The van der Waals surface area contributed by atoms with Gasteiger partial charge in [-0.3, -0.25) is 4.79 Å². The van der Waals surface area contributed by atoms with E-state index >= 15 is 0 Å². The summed E-state index contributed by atoms with van der Waals surface area (Å²) >= 11 is 0. The zero-order valence-corrected chi connectivity index (χ0v) is 7.51. The minimum atomic E-state index is 0.346. The lowest BCUT2D eigenvalue weighted by molar-refractivity contribution is -0.127. The average molecular weight is 164 g/mol. The van der Waals surface area contributed by atoms with Crippen molar-refractivity contribution in [1.29, 1.82) is 0 Å². The monoisotopic (exact) mass is 164 g/mol. The van der Waals surface area contributed by atoms with Crippen molar-refractivity contribution < 1.29 is 4.79 Å². The van der Waals surface area contributed by atoms with Crippen molar-refractivity contribution in [2.45, 2.75) is 38.5 Å². The maximum absolute atomic E-state index is 11.7. The fourth-order valence-electron chi connectivity index (χ4n) is 2.58. The second-order valence-electron chi connectivity index (χ2n) is 4.24. The molecule has 66 valence electrons. The van der Waals surface area contributed by atoms with Gasteiger partial charge >= 0.3 is 0 Å². The van der Waals surface area contributed by atoms with Crippen molar-refractivity contribution in [2.24, 2.45) is 11.8 Å². The Labute approximate surface area is 73.8 Å². The highest BCUT2D eigenvalue weighted by Crippen LogP contribution is 2.37. The van der Waals surface area contributed by atoms with Crippen molar-refractivity contribution in [3.05, 3.63) is 12.2 Å². The van der Waals surface area contributed by atoms with Crippen molar-refractivity contribution in [3.8, 4) is 0 Å². The molecule has 0 radical (unpaired) electrons. The standard InChI is InChI=1S/C11H16O/c1-8-6-9-4-2-3-5-10(7-8)11(9)12/h9-10H,1-7H2/t9-,10+. The van der Waals surface area contributed by atoms with Gasteiger partial charge in [-0.2, -0.15) is 0 Å². The lowest BCUT2D eigenvalue weighted by Gasteiger charge is -2.26. The van der Waals surface area contributed by atoms with E-state index in [1.165, 1.54) is 18.4 Å². The molecule has 2 rings (SSSR count). The molecule has 0 saturated heterocycles. The summed E-state index contributed by atoms with van der Waals surface area (Å²) in [7, 11) is 0. The number of hydrogen-bond acceptors (Lipinski definition) is 1. The minimum absolute atomic E-state index is 0.346. The Kier molecular flexibility index (Phi) is 2.03. The quantitative estimate of drug-likeness (QED) is 0.503. The minimum Gasteiger partial charge on any atom is -0.299 e. The van der Waals surface area contributed by atoms with E-state index in [9.17, 15) is 4.79 Å². The highest BCUT2D eigenvalue weighted by Gasteiger charge is 2.33. The largest absolute Gasteiger partial charge is 0.299 e. The third-order valence-corrected chi connectivity index (χ3v) is 3.23. The summed E-state index contributed by atoms with van der Waals surface area (Å²) in [6.45, 7) is 4.02. The van der Waals surface area contributed by atoms with Gasteiger partial charge in [-0.1, -0.05) is 25.0 Å². The van der Waals surface area contributed by atoms with Crippen LogP contribution in [0.5, 0.6) is 0 Å². The fraction of sp³-hybridized carbons (Fsp3) is 0.727. The molecule has 0 aromatic rings. The van der Waals surface area contributed by atoms with Crippen molar-refractivity contribution >= 4 is 5.78 Å². The van der Waals surface area contributed by atoms with Crippen LogP contribution in [0, 0.1) is 11.8 Å². The van der Waals surface area contributed by atoms with Crippen molar-refractivity contribution in [3.63, 3.8) is 0 Å². The van der Waals surface area contributed by atoms with Gasteiger partial charge < -0.3 is 0 Å². The van der Waals surface area contributed by atoms with Crippen LogP contribution in [-0.4, -0.2) is 5.78 Å². The molecule has 2 bridgehead atoms. The summed E-state index contributed by atoms with van der Waals surface area (Å²) in [5, 5.41) is 0. The molecule has 2 saturated carbocycles. The molecular weight excluding hydrogens is 148 g/mol. The van der Waals surface area contributed by atoms with Gasteiger partial charge in [0, 0.05) is 11.8 Å². The highest BCUT2D eigenvalue weighted by atomic mass is 16.1. The first-order valence-electron chi connectivity index (χ1n) is 4.98. The lowest BCUT2D eigenvalue weighted by Crippen LogP contribution is -2.27. The zero-order valence-electron chi connectivity index (χ0n) is 7.51. The molecule has 12 heavy (non-hydrogen) atoms. The molecule has 0 amide bonds. The average Bonchev–Trinajstić information content (AvgIpc) is 2.19. The first-order valence-corrected chi connectivity index (χ1v) is 4.98. The number of ketones is 1. The van der Waals surface area contributed by atoms with Crippen LogP contribution in [0.2, 0.25) is 0 Å². The van der Waals surface area contributed by atoms with Gasteiger partial charge in [0.15, 0.2) is 0 Å². The molecule has 2 aliphatic carbocycles. The predicted octanol–water partition coefficient (Wildman–Crippen LogP) is 2.71. The summed E-state index contributed by atoms with van der Waals surface area (Å²) in [5.74, 6) is 1.23. The van der Waals surface area contributed by atoms with E-state index in [0.29, 0.717) is 17.6 Å². The normalized spacial score (nSPS) is 36.3. The Bertz CT molecular complexity index is 197. The molecule has 0 heterocycles. The smallest absolute Gasteiger partial charge is 0.139 e. The second-order valence-corrected chi connectivity index (χ2v) is 4.24. The summed E-state index contributed by atoms with van der Waals surface area (Å²) in [5.41, 5.74) is 1.31. The lowest BCUT2D eigenvalue weighted by atomic mass is 9.77. The van der Waals surface area contributed by atoms with Crippen LogP contribution in [-0.2, 0) is 4.79 Å². The molecule has 1 nitrogen and oxygen atoms in total. The number of rotatable bonds is 0. The number of allylic oxidation sites excluding steroid dienone is 1. The Hall–Kier alpha value is -0.590. The molecular formula is C11H16O. The van der Waals surface area contributed by atoms with Gasteiger partial charge in [-0.15, -0.1) is 0 Å². The summed E-state index contributed by atoms with van der Waals surface area (Å²) < 4.78 is 0.